The van der Waals surface area contributed by atoms with Crippen molar-refractivity contribution in [3.63, 3.8) is 0 Å². The zero-order chi connectivity index (χ0) is 16.1. The molecule has 23 heavy (non-hydrogen) atoms. The second kappa shape index (κ2) is 6.88. The van der Waals surface area contributed by atoms with E-state index in [1.54, 1.807) is 17.0 Å². The molecule has 1 saturated heterocycles. The fourth-order valence-electron chi connectivity index (χ4n) is 2.15. The van der Waals surface area contributed by atoms with Crippen LogP contribution in [0.5, 0.6) is 0 Å². The van der Waals surface area contributed by atoms with Gasteiger partial charge in [-0.05, 0) is 4.90 Å². The van der Waals surface area contributed by atoms with Crippen molar-refractivity contribution in [2.75, 3.05) is 26.3 Å². The molecule has 0 radical (unpaired) electrons. The molecule has 2 amide bonds. The van der Waals surface area contributed by atoms with Crippen molar-refractivity contribution in [1.29, 1.82) is 0 Å². The minimum Gasteiger partial charge on any atom is -0.378 e. The maximum atomic E-state index is 11.9. The molecule has 0 saturated carbocycles. The van der Waals surface area contributed by atoms with E-state index in [1.807, 2.05) is 18.2 Å². The van der Waals surface area contributed by atoms with Gasteiger partial charge in [0.05, 0.1) is 13.2 Å². The molecule has 1 N–H and O–H groups in total. The molecular formula is C14H15N5O4. The first kappa shape index (κ1) is 15.0. The number of amides is 2. The average molecular weight is 317 g/mol. The summed E-state index contributed by atoms with van der Waals surface area (Å²) < 4.78 is 9.77. The third-order valence-corrected chi connectivity index (χ3v) is 3.34. The molecular weight excluding hydrogens is 302 g/mol. The van der Waals surface area contributed by atoms with Crippen molar-refractivity contribution in [2.24, 2.45) is 5.10 Å². The standard InChI is InChI=1S/C14H15N5O4/c20-14(18-6-8-22-9-7-18)16-15-10-12-13(17-23-19(12)21)11-4-2-1-3-5-11/h1-5,10H,6-9H2,(H,16,20). The molecule has 0 unspecified atom stereocenters. The van der Waals surface area contributed by atoms with Crippen LogP contribution in [0, 0.1) is 5.21 Å². The van der Waals surface area contributed by atoms with E-state index in [0.29, 0.717) is 37.6 Å². The van der Waals surface area contributed by atoms with E-state index in [2.05, 4.69) is 20.3 Å². The number of benzene rings is 1. The Kier molecular flexibility index (Phi) is 4.48. The Morgan fingerprint density at radius 3 is 2.83 bits per heavy atom. The van der Waals surface area contributed by atoms with Gasteiger partial charge in [0.1, 0.15) is 6.21 Å². The topological polar surface area (TPSA) is 107 Å². The highest BCUT2D eigenvalue weighted by atomic mass is 16.8. The summed E-state index contributed by atoms with van der Waals surface area (Å²) in [5.41, 5.74) is 3.55. The molecule has 2 aromatic rings. The van der Waals surface area contributed by atoms with Crippen LogP contribution >= 0.6 is 0 Å². The highest BCUT2D eigenvalue weighted by Gasteiger charge is 2.20. The summed E-state index contributed by atoms with van der Waals surface area (Å²) in [6.07, 6.45) is 1.21. The first-order valence-electron chi connectivity index (χ1n) is 7.06. The minimum atomic E-state index is -0.347. The van der Waals surface area contributed by atoms with E-state index in [1.165, 1.54) is 6.21 Å². The highest BCUT2D eigenvalue weighted by Crippen LogP contribution is 2.17. The molecule has 0 bridgehead atoms. The smallest absolute Gasteiger partial charge is 0.337 e. The Bertz CT molecular complexity index is 694. The number of hydrogen-bond acceptors (Lipinski definition) is 6. The average Bonchev–Trinajstić information content (AvgIpc) is 2.97. The van der Waals surface area contributed by atoms with Gasteiger partial charge in [0.15, 0.2) is 0 Å². The molecule has 0 spiro atoms. The maximum absolute atomic E-state index is 11.9. The summed E-state index contributed by atoms with van der Waals surface area (Å²) in [4.78, 5) is 13.7. The Labute approximate surface area is 131 Å². The molecule has 2 heterocycles. The van der Waals surface area contributed by atoms with E-state index in [4.69, 9.17) is 4.74 Å². The van der Waals surface area contributed by atoms with Gasteiger partial charge in [-0.3, -0.25) is 4.63 Å². The van der Waals surface area contributed by atoms with Gasteiger partial charge in [0, 0.05) is 23.8 Å². The van der Waals surface area contributed by atoms with Crippen LogP contribution in [0.1, 0.15) is 5.69 Å². The molecule has 1 fully saturated rings. The van der Waals surface area contributed by atoms with Crippen LogP contribution in [0.3, 0.4) is 0 Å². The highest BCUT2D eigenvalue weighted by molar-refractivity contribution is 5.85. The summed E-state index contributed by atoms with van der Waals surface area (Å²) in [5, 5.41) is 19.2. The van der Waals surface area contributed by atoms with Gasteiger partial charge in [0.2, 0.25) is 5.69 Å². The number of carbonyl (C=O) groups excluding carboxylic acids is 1. The monoisotopic (exact) mass is 317 g/mol. The number of urea groups is 1. The quantitative estimate of drug-likeness (QED) is 0.499. The van der Waals surface area contributed by atoms with Crippen molar-refractivity contribution in [3.8, 4) is 11.3 Å². The van der Waals surface area contributed by atoms with Crippen molar-refractivity contribution in [1.82, 2.24) is 15.5 Å². The van der Waals surface area contributed by atoms with Crippen molar-refractivity contribution >= 4 is 12.2 Å². The first-order chi connectivity index (χ1) is 11.3. The lowest BCUT2D eigenvalue weighted by molar-refractivity contribution is -0.803. The maximum Gasteiger partial charge on any atom is 0.337 e. The number of morpholine rings is 1. The lowest BCUT2D eigenvalue weighted by Gasteiger charge is -2.25. The van der Waals surface area contributed by atoms with Gasteiger partial charge in [0.25, 0.3) is 5.69 Å². The van der Waals surface area contributed by atoms with E-state index in [-0.39, 0.29) is 16.6 Å². The minimum absolute atomic E-state index is 0.110. The van der Waals surface area contributed by atoms with E-state index >= 15 is 0 Å². The molecule has 1 aromatic carbocycles. The molecule has 1 aromatic heterocycles. The fraction of sp³-hybridized carbons (Fsp3) is 0.286. The summed E-state index contributed by atoms with van der Waals surface area (Å²) in [6, 6.07) is 8.73. The zero-order valence-corrected chi connectivity index (χ0v) is 12.2. The Morgan fingerprint density at radius 1 is 1.35 bits per heavy atom. The first-order valence-corrected chi connectivity index (χ1v) is 7.06. The summed E-state index contributed by atoms with van der Waals surface area (Å²) in [6.45, 7) is 2.01. The van der Waals surface area contributed by atoms with Gasteiger partial charge in [-0.2, -0.15) is 5.10 Å². The lowest BCUT2D eigenvalue weighted by Crippen LogP contribution is -2.44. The normalized spacial score (nSPS) is 15.0. The number of nitrogens with zero attached hydrogens (tertiary/aromatic N) is 4. The number of carbonyl (C=O) groups is 1. The fourth-order valence-corrected chi connectivity index (χ4v) is 2.15. The SMILES string of the molecule is O=C(NN=Cc1c(-c2ccccc2)no[n+]1[O-])N1CCOCC1. The number of aromatic nitrogens is 2. The second-order valence-corrected chi connectivity index (χ2v) is 4.80. The lowest BCUT2D eigenvalue weighted by atomic mass is 10.1. The van der Waals surface area contributed by atoms with Gasteiger partial charge >= 0.3 is 6.03 Å². The number of nitrogens with one attached hydrogen (secondary N) is 1. The van der Waals surface area contributed by atoms with Gasteiger partial charge in [-0.25, -0.2) is 10.2 Å². The molecule has 3 rings (SSSR count). The number of ether oxygens (including phenoxy) is 1. The number of hydrazone groups is 1. The van der Waals surface area contributed by atoms with Crippen LogP contribution in [-0.2, 0) is 4.74 Å². The van der Waals surface area contributed by atoms with Crippen molar-refractivity contribution < 1.29 is 19.1 Å². The van der Waals surface area contributed by atoms with Crippen LogP contribution in [0.15, 0.2) is 40.1 Å². The molecule has 9 heteroatoms. The molecule has 0 atom stereocenters. The van der Waals surface area contributed by atoms with Gasteiger partial charge in [-0.15, -0.1) is 0 Å². The third-order valence-electron chi connectivity index (χ3n) is 3.34. The van der Waals surface area contributed by atoms with Crippen LogP contribution in [-0.4, -0.2) is 48.6 Å². The molecule has 9 nitrogen and oxygen atoms in total. The van der Waals surface area contributed by atoms with Crippen LogP contribution in [0.25, 0.3) is 11.3 Å². The van der Waals surface area contributed by atoms with Crippen molar-refractivity contribution in [3.05, 3.63) is 41.2 Å². The number of rotatable bonds is 3. The van der Waals surface area contributed by atoms with Gasteiger partial charge in [-0.1, -0.05) is 30.3 Å². The third kappa shape index (κ3) is 3.46. The predicted molar refractivity (Wildman–Crippen MR) is 79.4 cm³/mol. The van der Waals surface area contributed by atoms with E-state index in [9.17, 15) is 10.0 Å². The van der Waals surface area contributed by atoms with Crippen LogP contribution in [0.2, 0.25) is 0 Å². The Morgan fingerprint density at radius 2 is 2.09 bits per heavy atom. The second-order valence-electron chi connectivity index (χ2n) is 4.80. The largest absolute Gasteiger partial charge is 0.378 e. The predicted octanol–water partition coefficient (Wildman–Crippen LogP) is 0.351. The molecule has 1 aliphatic rings. The molecule has 0 aliphatic carbocycles. The number of hydrogen-bond donors (Lipinski definition) is 1. The summed E-state index contributed by atoms with van der Waals surface area (Å²) in [5.74, 6) is 0. The Balaban J connectivity index is 1.70. The van der Waals surface area contributed by atoms with Crippen LogP contribution in [0.4, 0.5) is 4.79 Å². The van der Waals surface area contributed by atoms with E-state index in [0.717, 1.165) is 0 Å². The van der Waals surface area contributed by atoms with Crippen LogP contribution < -0.4 is 10.3 Å². The Hall–Kier alpha value is -2.94. The molecule has 1 aliphatic heterocycles. The van der Waals surface area contributed by atoms with E-state index < -0.39 is 0 Å². The van der Waals surface area contributed by atoms with Crippen molar-refractivity contribution in [2.45, 2.75) is 0 Å². The summed E-state index contributed by atoms with van der Waals surface area (Å²) in [7, 11) is 0. The molecule has 120 valence electrons. The summed E-state index contributed by atoms with van der Waals surface area (Å²) >= 11 is 0. The van der Waals surface area contributed by atoms with Gasteiger partial charge < -0.3 is 14.8 Å². The zero-order valence-electron chi connectivity index (χ0n) is 12.2.